The van der Waals surface area contributed by atoms with E-state index in [4.69, 9.17) is 4.52 Å². The van der Waals surface area contributed by atoms with Crippen LogP contribution < -0.4 is 5.32 Å². The summed E-state index contributed by atoms with van der Waals surface area (Å²) in [6.45, 7) is 5.43. The van der Waals surface area contributed by atoms with E-state index in [0.717, 1.165) is 16.5 Å². The van der Waals surface area contributed by atoms with Crippen molar-refractivity contribution >= 4 is 28.3 Å². The van der Waals surface area contributed by atoms with Gasteiger partial charge in [0.2, 0.25) is 5.91 Å². The number of amides is 1. The molecule has 0 saturated carbocycles. The molecule has 3 rings (SSSR count). The van der Waals surface area contributed by atoms with Crippen LogP contribution in [0.2, 0.25) is 0 Å². The highest BCUT2D eigenvalue weighted by Crippen LogP contribution is 2.25. The van der Waals surface area contributed by atoms with Gasteiger partial charge in [0, 0.05) is 10.9 Å². The molecule has 1 amide bonds. The number of nitrogens with one attached hydrogen (secondary N) is 1. The Morgan fingerprint density at radius 2 is 1.92 bits per heavy atom. The van der Waals surface area contributed by atoms with Gasteiger partial charge >= 0.3 is 0 Å². The highest BCUT2D eigenvalue weighted by atomic mass is 16.5. The van der Waals surface area contributed by atoms with Gasteiger partial charge in [-0.1, -0.05) is 23.4 Å². The zero-order valence-electron chi connectivity index (χ0n) is 13.8. The summed E-state index contributed by atoms with van der Waals surface area (Å²) < 4.78 is 5.34. The Hall–Kier alpha value is -2.95. The molecular weight excluding hydrogens is 304 g/mol. The number of hydrogen-bond acceptors (Lipinski definition) is 4. The number of anilines is 1. The van der Waals surface area contributed by atoms with Crippen LogP contribution in [0.5, 0.6) is 0 Å². The first-order valence-electron chi connectivity index (χ1n) is 7.71. The van der Waals surface area contributed by atoms with E-state index in [2.05, 4.69) is 10.5 Å². The molecule has 0 atom stereocenters. The maximum atomic E-state index is 12.4. The van der Waals surface area contributed by atoms with E-state index in [-0.39, 0.29) is 18.1 Å². The van der Waals surface area contributed by atoms with Crippen molar-refractivity contribution in [3.8, 4) is 0 Å². The summed E-state index contributed by atoms with van der Waals surface area (Å²) in [5.41, 5.74) is 4.39. The molecule has 0 unspecified atom stereocenters. The number of carbonyl (C=O) groups is 2. The van der Waals surface area contributed by atoms with Gasteiger partial charge < -0.3 is 9.84 Å². The fourth-order valence-corrected chi connectivity index (χ4v) is 2.89. The van der Waals surface area contributed by atoms with Gasteiger partial charge in [-0.2, -0.15) is 0 Å². The molecule has 3 aromatic rings. The van der Waals surface area contributed by atoms with E-state index in [1.165, 1.54) is 6.92 Å². The zero-order chi connectivity index (χ0) is 17.3. The monoisotopic (exact) mass is 322 g/mol. The Morgan fingerprint density at radius 1 is 1.17 bits per heavy atom. The van der Waals surface area contributed by atoms with Crippen LogP contribution in [0, 0.1) is 13.8 Å². The van der Waals surface area contributed by atoms with E-state index in [9.17, 15) is 9.59 Å². The van der Waals surface area contributed by atoms with Gasteiger partial charge in [-0.15, -0.1) is 0 Å². The zero-order valence-corrected chi connectivity index (χ0v) is 13.8. The van der Waals surface area contributed by atoms with Crippen molar-refractivity contribution in [1.82, 2.24) is 5.16 Å². The number of benzene rings is 2. The molecule has 0 bridgehead atoms. The summed E-state index contributed by atoms with van der Waals surface area (Å²) >= 11 is 0. The Morgan fingerprint density at radius 3 is 2.67 bits per heavy atom. The van der Waals surface area contributed by atoms with Gasteiger partial charge in [0.1, 0.15) is 5.69 Å². The summed E-state index contributed by atoms with van der Waals surface area (Å²) in [7, 11) is 0. The molecule has 5 nitrogen and oxygen atoms in total. The molecule has 24 heavy (non-hydrogen) atoms. The Kier molecular flexibility index (Phi) is 4.16. The van der Waals surface area contributed by atoms with Crippen LogP contribution >= 0.6 is 0 Å². The number of rotatable bonds is 4. The lowest BCUT2D eigenvalue weighted by atomic mass is 10.0. The third kappa shape index (κ3) is 3.06. The van der Waals surface area contributed by atoms with Crippen molar-refractivity contribution in [1.29, 1.82) is 0 Å². The third-order valence-electron chi connectivity index (χ3n) is 3.89. The van der Waals surface area contributed by atoms with Crippen LogP contribution in [0.1, 0.15) is 34.1 Å². The fourth-order valence-electron chi connectivity index (χ4n) is 2.89. The van der Waals surface area contributed by atoms with Gasteiger partial charge in [-0.25, -0.2) is 0 Å². The van der Waals surface area contributed by atoms with Gasteiger partial charge in [-0.3, -0.25) is 9.59 Å². The number of ketones is 1. The molecule has 0 aliphatic heterocycles. The molecule has 5 heteroatoms. The Balaban J connectivity index is 1.85. The summed E-state index contributed by atoms with van der Waals surface area (Å²) in [4.78, 5) is 24.0. The molecule has 0 saturated heterocycles. The molecule has 122 valence electrons. The van der Waals surface area contributed by atoms with Crippen molar-refractivity contribution in [2.75, 3.05) is 5.32 Å². The van der Waals surface area contributed by atoms with Gasteiger partial charge in [0.15, 0.2) is 11.4 Å². The lowest BCUT2D eigenvalue weighted by molar-refractivity contribution is -0.115. The van der Waals surface area contributed by atoms with Crippen LogP contribution in [0.3, 0.4) is 0 Å². The van der Waals surface area contributed by atoms with Gasteiger partial charge in [0.25, 0.3) is 0 Å². The van der Waals surface area contributed by atoms with Gasteiger partial charge in [-0.05, 0) is 50.1 Å². The normalized spacial score (nSPS) is 10.8. The molecule has 0 radical (unpaired) electrons. The van der Waals surface area contributed by atoms with Crippen LogP contribution in [0.4, 0.5) is 5.69 Å². The summed E-state index contributed by atoms with van der Waals surface area (Å²) in [5, 5.41) is 7.69. The number of Topliss-reactive ketones (excluding diaryl/α,β-unsaturated/α-hetero) is 1. The molecule has 0 aliphatic rings. The van der Waals surface area contributed by atoms with Crippen LogP contribution in [-0.4, -0.2) is 16.8 Å². The molecule has 1 aromatic heterocycles. The Labute approximate surface area is 139 Å². The van der Waals surface area contributed by atoms with E-state index in [0.29, 0.717) is 22.5 Å². The van der Waals surface area contributed by atoms with E-state index in [1.807, 2.05) is 26.0 Å². The SMILES string of the molecule is CC(=O)c1ccccc1NC(=O)Cc1noc2cc(C)cc(C)c12. The average molecular weight is 322 g/mol. The second-order valence-electron chi connectivity index (χ2n) is 5.91. The maximum absolute atomic E-state index is 12.4. The lowest BCUT2D eigenvalue weighted by Gasteiger charge is -2.08. The first-order valence-corrected chi connectivity index (χ1v) is 7.71. The number of fused-ring (bicyclic) bond motifs is 1. The molecule has 1 heterocycles. The minimum Gasteiger partial charge on any atom is -0.356 e. The highest BCUT2D eigenvalue weighted by Gasteiger charge is 2.16. The summed E-state index contributed by atoms with van der Waals surface area (Å²) in [5.74, 6) is -0.331. The molecule has 1 N–H and O–H groups in total. The summed E-state index contributed by atoms with van der Waals surface area (Å²) in [6.07, 6.45) is 0.0864. The lowest BCUT2D eigenvalue weighted by Crippen LogP contribution is -2.16. The first-order chi connectivity index (χ1) is 11.5. The number of aryl methyl sites for hydroxylation is 2. The van der Waals surface area contributed by atoms with E-state index in [1.54, 1.807) is 24.3 Å². The standard InChI is InChI=1S/C19H18N2O3/c1-11-8-12(2)19-16(21-24-17(19)9-11)10-18(23)20-15-7-5-4-6-14(15)13(3)22/h4-9H,10H2,1-3H3,(H,20,23). The fraction of sp³-hybridized carbons (Fsp3) is 0.211. The first kappa shape index (κ1) is 15.9. The summed E-state index contributed by atoms with van der Waals surface area (Å²) in [6, 6.07) is 10.9. The van der Waals surface area contributed by atoms with E-state index < -0.39 is 0 Å². The molecular formula is C19H18N2O3. The quantitative estimate of drug-likeness (QED) is 0.741. The number of para-hydroxylation sites is 1. The minimum atomic E-state index is -0.237. The highest BCUT2D eigenvalue weighted by molar-refractivity contribution is 6.04. The molecule has 0 spiro atoms. The molecule has 2 aromatic carbocycles. The maximum Gasteiger partial charge on any atom is 0.230 e. The van der Waals surface area contributed by atoms with Crippen molar-refractivity contribution < 1.29 is 14.1 Å². The van der Waals surface area contributed by atoms with Crippen molar-refractivity contribution in [2.24, 2.45) is 0 Å². The van der Waals surface area contributed by atoms with Crippen LogP contribution in [0.15, 0.2) is 40.9 Å². The minimum absolute atomic E-state index is 0.0864. The van der Waals surface area contributed by atoms with Crippen LogP contribution in [-0.2, 0) is 11.2 Å². The number of nitrogens with zero attached hydrogens (tertiary/aromatic N) is 1. The van der Waals surface area contributed by atoms with Crippen LogP contribution in [0.25, 0.3) is 11.0 Å². The van der Waals surface area contributed by atoms with E-state index >= 15 is 0 Å². The second-order valence-corrected chi connectivity index (χ2v) is 5.91. The van der Waals surface area contributed by atoms with Crippen molar-refractivity contribution in [3.05, 3.63) is 58.8 Å². The topological polar surface area (TPSA) is 72.2 Å². The largest absolute Gasteiger partial charge is 0.356 e. The second kappa shape index (κ2) is 6.28. The van der Waals surface area contributed by atoms with Crippen molar-refractivity contribution in [3.63, 3.8) is 0 Å². The molecule has 0 aliphatic carbocycles. The smallest absolute Gasteiger partial charge is 0.230 e. The number of hydrogen-bond donors (Lipinski definition) is 1. The Bertz CT molecular complexity index is 941. The van der Waals surface area contributed by atoms with Gasteiger partial charge in [0.05, 0.1) is 12.1 Å². The third-order valence-corrected chi connectivity index (χ3v) is 3.89. The number of carbonyl (C=O) groups excluding carboxylic acids is 2. The molecule has 0 fully saturated rings. The predicted molar refractivity (Wildman–Crippen MR) is 92.3 cm³/mol. The van der Waals surface area contributed by atoms with Crippen molar-refractivity contribution in [2.45, 2.75) is 27.2 Å². The average Bonchev–Trinajstić information content (AvgIpc) is 2.90. The number of aromatic nitrogens is 1. The predicted octanol–water partition coefficient (Wildman–Crippen LogP) is 3.83.